The number of halogens is 2. The molecule has 1 radical (unpaired) electrons. The van der Waals surface area contributed by atoms with Crippen molar-refractivity contribution in [3.8, 4) is 0 Å². The molecule has 1 aliphatic carbocycles. The molecular weight excluding hydrogens is 307 g/mol. The summed E-state index contributed by atoms with van der Waals surface area (Å²) >= 11 is -0.181. The first kappa shape index (κ1) is 18.6. The molecule has 0 unspecified atom stereocenters. The van der Waals surface area contributed by atoms with Crippen LogP contribution in [0.25, 0.3) is 0 Å². The second-order valence-corrected chi connectivity index (χ2v) is 6.61. The van der Waals surface area contributed by atoms with Gasteiger partial charge in [0.1, 0.15) is 0 Å². The average Bonchev–Trinajstić information content (AvgIpc) is 2.98. The average molecular weight is 330 g/mol. The molecular formula is C14H23Cl2CrO. The molecule has 2 rings (SSSR count). The Morgan fingerprint density at radius 1 is 0.778 bits per heavy atom. The molecule has 18 heavy (non-hydrogen) atoms. The zero-order valence-electron chi connectivity index (χ0n) is 11.9. The van der Waals surface area contributed by atoms with Crippen LogP contribution in [0.3, 0.4) is 0 Å². The molecule has 0 spiro atoms. The minimum atomic E-state index is -0.181. The van der Waals surface area contributed by atoms with Crippen LogP contribution < -0.4 is 0 Å². The van der Waals surface area contributed by atoms with Crippen molar-refractivity contribution in [3.05, 3.63) is 28.2 Å². The van der Waals surface area contributed by atoms with E-state index in [1.807, 2.05) is 0 Å². The van der Waals surface area contributed by atoms with Gasteiger partial charge in [-0.15, -0.1) is 0 Å². The van der Waals surface area contributed by atoms with Gasteiger partial charge >= 0.3 is 33.5 Å². The van der Waals surface area contributed by atoms with Crippen LogP contribution in [0, 0.1) is 5.92 Å². The molecule has 0 amide bonds. The molecule has 0 aromatic heterocycles. The van der Waals surface area contributed by atoms with Crippen molar-refractivity contribution in [2.45, 2.75) is 47.5 Å². The van der Waals surface area contributed by atoms with Crippen LogP contribution in [-0.2, 0) is 18.1 Å². The van der Waals surface area contributed by atoms with E-state index in [1.165, 1.54) is 41.1 Å². The second kappa shape index (κ2) is 10.4. The Labute approximate surface area is 127 Å². The monoisotopic (exact) mass is 329 g/mol. The Kier molecular flexibility index (Phi) is 10.7. The summed E-state index contributed by atoms with van der Waals surface area (Å²) in [6, 6.07) is 0. The first-order chi connectivity index (χ1) is 8.47. The molecule has 0 bridgehead atoms. The van der Waals surface area contributed by atoms with Gasteiger partial charge < -0.3 is 4.74 Å². The molecule has 1 heterocycles. The molecule has 1 saturated heterocycles. The Morgan fingerprint density at radius 3 is 1.22 bits per heavy atom. The van der Waals surface area contributed by atoms with E-state index in [0.717, 1.165) is 13.2 Å². The van der Waals surface area contributed by atoms with E-state index in [-0.39, 0.29) is 13.4 Å². The van der Waals surface area contributed by atoms with Gasteiger partial charge in [0.15, 0.2) is 0 Å². The van der Waals surface area contributed by atoms with Crippen molar-refractivity contribution in [2.75, 3.05) is 13.2 Å². The fourth-order valence-electron chi connectivity index (χ4n) is 1.92. The number of hydrogen-bond donors (Lipinski definition) is 0. The molecule has 0 aromatic rings. The summed E-state index contributed by atoms with van der Waals surface area (Å²) in [6.45, 7) is 13.0. The van der Waals surface area contributed by atoms with Crippen molar-refractivity contribution >= 4 is 20.1 Å². The Balaban J connectivity index is 0.000000301. The Hall–Kier alpha value is 0.552. The predicted octanol–water partition coefficient (Wildman–Crippen LogP) is 5.44. The van der Waals surface area contributed by atoms with Crippen LogP contribution in [0.15, 0.2) is 22.3 Å². The van der Waals surface area contributed by atoms with Gasteiger partial charge in [-0.05, 0) is 51.7 Å². The van der Waals surface area contributed by atoms with Crippen molar-refractivity contribution in [2.24, 2.45) is 0 Å². The number of rotatable bonds is 0. The van der Waals surface area contributed by atoms with Crippen LogP contribution in [0.1, 0.15) is 47.5 Å². The quantitative estimate of drug-likeness (QED) is 0.575. The van der Waals surface area contributed by atoms with Crippen LogP contribution in [0.5, 0.6) is 0 Å². The zero-order valence-corrected chi connectivity index (χ0v) is 14.7. The summed E-state index contributed by atoms with van der Waals surface area (Å²) in [6.07, 6.45) is 2.56. The van der Waals surface area contributed by atoms with Gasteiger partial charge in [0.25, 0.3) is 0 Å². The standard InChI is InChI=1S/C10H15.C4H8O.2ClH.Cr/c1-6-7(2)9(4)10(5)8(6)3;1-2-4-5-3-1;;;/h1-5H3;1-4H2;2*1H;/q;;;;+2/p-2. The first-order valence-corrected chi connectivity index (χ1v) is 9.64. The fourth-order valence-corrected chi connectivity index (χ4v) is 1.92. The third-order valence-electron chi connectivity index (χ3n) is 3.64. The van der Waals surface area contributed by atoms with Gasteiger partial charge in [-0.1, -0.05) is 18.1 Å². The SMILES string of the molecule is C1CCOC1.C[C]1C(C)=C(C)C(C)=C1C.[Cl][Cr][Cl]. The summed E-state index contributed by atoms with van der Waals surface area (Å²) < 4.78 is 4.94. The van der Waals surface area contributed by atoms with Crippen LogP contribution in [0.4, 0.5) is 0 Å². The number of allylic oxidation sites excluding steroid dienone is 4. The maximum absolute atomic E-state index is 4.94. The Morgan fingerprint density at radius 2 is 1.11 bits per heavy atom. The normalized spacial score (nSPS) is 19.5. The molecule has 2 aliphatic rings. The molecule has 4 heteroatoms. The molecule has 1 aliphatic heterocycles. The van der Waals surface area contributed by atoms with Crippen molar-refractivity contribution in [1.29, 1.82) is 0 Å². The number of ether oxygens (including phenoxy) is 1. The van der Waals surface area contributed by atoms with Gasteiger partial charge in [0, 0.05) is 19.1 Å². The number of hydrogen-bond acceptors (Lipinski definition) is 1. The van der Waals surface area contributed by atoms with E-state index in [9.17, 15) is 0 Å². The molecule has 1 nitrogen and oxygen atoms in total. The van der Waals surface area contributed by atoms with E-state index in [4.69, 9.17) is 24.8 Å². The fraction of sp³-hybridized carbons (Fsp3) is 0.643. The van der Waals surface area contributed by atoms with E-state index in [1.54, 1.807) is 0 Å². The van der Waals surface area contributed by atoms with Gasteiger partial charge in [-0.3, -0.25) is 0 Å². The zero-order chi connectivity index (χ0) is 14.1. The van der Waals surface area contributed by atoms with E-state index >= 15 is 0 Å². The Bertz CT molecular complexity index is 275. The molecule has 0 N–H and O–H groups in total. The van der Waals surface area contributed by atoms with Gasteiger partial charge in [0.05, 0.1) is 0 Å². The first-order valence-electron chi connectivity index (χ1n) is 6.14. The third kappa shape index (κ3) is 6.13. The maximum atomic E-state index is 4.94. The third-order valence-corrected chi connectivity index (χ3v) is 3.64. The predicted molar refractivity (Wildman–Crippen MR) is 77.4 cm³/mol. The van der Waals surface area contributed by atoms with Crippen LogP contribution in [-0.4, -0.2) is 13.2 Å². The van der Waals surface area contributed by atoms with E-state index < -0.39 is 0 Å². The van der Waals surface area contributed by atoms with Gasteiger partial charge in [0.2, 0.25) is 0 Å². The summed E-state index contributed by atoms with van der Waals surface area (Å²) in [5, 5.41) is 0. The van der Waals surface area contributed by atoms with Crippen molar-refractivity contribution in [3.63, 3.8) is 0 Å². The van der Waals surface area contributed by atoms with Gasteiger partial charge in [-0.2, -0.15) is 0 Å². The van der Waals surface area contributed by atoms with E-state index in [0.29, 0.717) is 0 Å². The van der Waals surface area contributed by atoms with E-state index in [2.05, 4.69) is 34.6 Å². The summed E-state index contributed by atoms with van der Waals surface area (Å²) in [5.41, 5.74) is 5.87. The van der Waals surface area contributed by atoms with Crippen LogP contribution in [0.2, 0.25) is 0 Å². The van der Waals surface area contributed by atoms with Gasteiger partial charge in [-0.25, -0.2) is 0 Å². The van der Waals surface area contributed by atoms with Crippen molar-refractivity contribution in [1.82, 2.24) is 0 Å². The molecule has 0 saturated carbocycles. The molecule has 0 atom stereocenters. The molecule has 105 valence electrons. The topological polar surface area (TPSA) is 9.23 Å². The minimum absolute atomic E-state index is 0.181. The molecule has 1 fully saturated rings. The summed E-state index contributed by atoms with van der Waals surface area (Å²) in [7, 11) is 9.65. The summed E-state index contributed by atoms with van der Waals surface area (Å²) in [4.78, 5) is 0. The van der Waals surface area contributed by atoms with Crippen LogP contribution >= 0.6 is 20.1 Å². The summed E-state index contributed by atoms with van der Waals surface area (Å²) in [5.74, 6) is 1.47. The van der Waals surface area contributed by atoms with Crippen molar-refractivity contribution < 1.29 is 18.1 Å². The second-order valence-electron chi connectivity index (χ2n) is 4.50. The molecule has 0 aromatic carbocycles.